The Kier molecular flexibility index (Phi) is 3.42. The van der Waals surface area contributed by atoms with E-state index < -0.39 is 0 Å². The molecule has 1 aromatic rings. The molecule has 2 aliphatic heterocycles. The van der Waals surface area contributed by atoms with Crippen molar-refractivity contribution in [2.75, 3.05) is 32.5 Å². The summed E-state index contributed by atoms with van der Waals surface area (Å²) >= 11 is 0. The van der Waals surface area contributed by atoms with E-state index in [0.717, 1.165) is 25.2 Å². The number of rotatable bonds is 2. The SMILES string of the molecule is CC1CN(C(=O)[C@@H]2Cc3ccccc3N2)CC1N(C)C. The van der Waals surface area contributed by atoms with Crippen molar-refractivity contribution in [3.63, 3.8) is 0 Å². The highest BCUT2D eigenvalue weighted by atomic mass is 16.2. The molecule has 0 bridgehead atoms. The van der Waals surface area contributed by atoms with Gasteiger partial charge in [-0.1, -0.05) is 25.1 Å². The third-order valence-corrected chi connectivity index (χ3v) is 4.62. The lowest BCUT2D eigenvalue weighted by Gasteiger charge is -2.23. The number of fused-ring (bicyclic) bond motifs is 1. The molecular weight excluding hydrogens is 250 g/mol. The van der Waals surface area contributed by atoms with E-state index in [-0.39, 0.29) is 11.9 Å². The van der Waals surface area contributed by atoms with Crippen LogP contribution in [0.15, 0.2) is 24.3 Å². The smallest absolute Gasteiger partial charge is 0.245 e. The van der Waals surface area contributed by atoms with Gasteiger partial charge in [0.05, 0.1) is 0 Å². The maximum atomic E-state index is 12.7. The molecule has 0 aliphatic carbocycles. The number of carbonyl (C=O) groups is 1. The molecule has 0 spiro atoms. The second-order valence-corrected chi connectivity index (χ2v) is 6.31. The van der Waals surface area contributed by atoms with Crippen LogP contribution in [0.3, 0.4) is 0 Å². The summed E-state index contributed by atoms with van der Waals surface area (Å²) in [7, 11) is 4.19. The predicted octanol–water partition coefficient (Wildman–Crippen LogP) is 1.43. The molecule has 1 fully saturated rings. The van der Waals surface area contributed by atoms with Crippen LogP contribution in [-0.2, 0) is 11.2 Å². The summed E-state index contributed by atoms with van der Waals surface area (Å²) in [6, 6.07) is 8.60. The molecule has 0 radical (unpaired) electrons. The molecule has 0 saturated carbocycles. The van der Waals surface area contributed by atoms with Gasteiger partial charge in [-0.25, -0.2) is 0 Å². The van der Waals surface area contributed by atoms with Crippen molar-refractivity contribution >= 4 is 11.6 Å². The van der Waals surface area contributed by atoms with E-state index in [9.17, 15) is 4.79 Å². The lowest BCUT2D eigenvalue weighted by Crippen LogP contribution is -2.42. The van der Waals surface area contributed by atoms with Crippen LogP contribution in [0, 0.1) is 5.92 Å². The predicted molar refractivity (Wildman–Crippen MR) is 80.8 cm³/mol. The largest absolute Gasteiger partial charge is 0.373 e. The van der Waals surface area contributed by atoms with Gasteiger partial charge in [-0.15, -0.1) is 0 Å². The molecule has 1 amide bonds. The molecule has 1 aromatic carbocycles. The minimum absolute atomic E-state index is 0.0829. The van der Waals surface area contributed by atoms with Crippen molar-refractivity contribution in [1.29, 1.82) is 0 Å². The first-order chi connectivity index (χ1) is 9.56. The van der Waals surface area contributed by atoms with E-state index in [4.69, 9.17) is 0 Å². The molecular formula is C16H23N3O. The first-order valence-corrected chi connectivity index (χ1v) is 7.36. The van der Waals surface area contributed by atoms with E-state index in [1.807, 2.05) is 17.0 Å². The van der Waals surface area contributed by atoms with E-state index in [1.165, 1.54) is 5.56 Å². The fourth-order valence-corrected chi connectivity index (χ4v) is 3.47. The third kappa shape index (κ3) is 2.29. The van der Waals surface area contributed by atoms with Gasteiger partial charge in [0.2, 0.25) is 5.91 Å². The van der Waals surface area contributed by atoms with Gasteiger partial charge < -0.3 is 15.1 Å². The second-order valence-electron chi connectivity index (χ2n) is 6.31. The topological polar surface area (TPSA) is 35.6 Å². The maximum Gasteiger partial charge on any atom is 0.245 e. The van der Waals surface area contributed by atoms with Gasteiger partial charge in [-0.2, -0.15) is 0 Å². The molecule has 3 atom stereocenters. The molecule has 3 rings (SSSR count). The van der Waals surface area contributed by atoms with Crippen LogP contribution >= 0.6 is 0 Å². The molecule has 4 heteroatoms. The van der Waals surface area contributed by atoms with Crippen molar-refractivity contribution in [3.8, 4) is 0 Å². The highest BCUT2D eigenvalue weighted by molar-refractivity contribution is 5.87. The number of hydrogen-bond donors (Lipinski definition) is 1. The molecule has 2 unspecified atom stereocenters. The molecule has 2 heterocycles. The third-order valence-electron chi connectivity index (χ3n) is 4.62. The fraction of sp³-hybridized carbons (Fsp3) is 0.562. The van der Waals surface area contributed by atoms with Gasteiger partial charge in [0.15, 0.2) is 0 Å². The van der Waals surface area contributed by atoms with Crippen LogP contribution in [0.5, 0.6) is 0 Å². The molecule has 20 heavy (non-hydrogen) atoms. The van der Waals surface area contributed by atoms with E-state index in [1.54, 1.807) is 0 Å². The van der Waals surface area contributed by atoms with Gasteiger partial charge in [0.25, 0.3) is 0 Å². The first kappa shape index (κ1) is 13.4. The van der Waals surface area contributed by atoms with Crippen molar-refractivity contribution in [2.45, 2.75) is 25.4 Å². The number of hydrogen-bond acceptors (Lipinski definition) is 3. The number of carbonyl (C=O) groups excluding carboxylic acids is 1. The van der Waals surface area contributed by atoms with Crippen LogP contribution in [0.2, 0.25) is 0 Å². The minimum atomic E-state index is -0.0829. The molecule has 0 aromatic heterocycles. The summed E-state index contributed by atoms with van der Waals surface area (Å²) in [4.78, 5) is 16.9. The number of anilines is 1. The zero-order valence-electron chi connectivity index (χ0n) is 12.5. The number of likely N-dealkylation sites (tertiary alicyclic amines) is 1. The zero-order chi connectivity index (χ0) is 14.3. The molecule has 1 N–H and O–H groups in total. The molecule has 2 aliphatic rings. The fourth-order valence-electron chi connectivity index (χ4n) is 3.47. The van der Waals surface area contributed by atoms with Crippen molar-refractivity contribution in [2.24, 2.45) is 5.92 Å². The van der Waals surface area contributed by atoms with Gasteiger partial charge >= 0.3 is 0 Å². The Balaban J connectivity index is 1.67. The lowest BCUT2D eigenvalue weighted by molar-refractivity contribution is -0.131. The number of para-hydroxylation sites is 1. The Morgan fingerprint density at radius 1 is 1.30 bits per heavy atom. The monoisotopic (exact) mass is 273 g/mol. The number of amides is 1. The first-order valence-electron chi connectivity index (χ1n) is 7.36. The van der Waals surface area contributed by atoms with Gasteiger partial charge in [0.1, 0.15) is 6.04 Å². The van der Waals surface area contributed by atoms with Crippen LogP contribution in [0.4, 0.5) is 5.69 Å². The zero-order valence-corrected chi connectivity index (χ0v) is 12.5. The Bertz CT molecular complexity index is 489. The molecule has 108 valence electrons. The average molecular weight is 273 g/mol. The van der Waals surface area contributed by atoms with E-state index in [2.05, 4.69) is 43.4 Å². The number of nitrogens with zero attached hydrogens (tertiary/aromatic N) is 2. The Labute approximate surface area is 120 Å². The average Bonchev–Trinajstić information content (AvgIpc) is 3.01. The number of likely N-dealkylation sites (N-methyl/N-ethyl adjacent to an activating group) is 1. The summed E-state index contributed by atoms with van der Waals surface area (Å²) in [6.07, 6.45) is 0.812. The van der Waals surface area contributed by atoms with Gasteiger partial charge in [-0.05, 0) is 31.6 Å². The Hall–Kier alpha value is -1.55. The summed E-state index contributed by atoms with van der Waals surface area (Å²) in [5.74, 6) is 0.787. The number of nitrogens with one attached hydrogen (secondary N) is 1. The highest BCUT2D eigenvalue weighted by Crippen LogP contribution is 2.28. The molecule has 4 nitrogen and oxygen atoms in total. The van der Waals surface area contributed by atoms with Gasteiger partial charge in [0, 0.05) is 31.2 Å². The van der Waals surface area contributed by atoms with Crippen LogP contribution in [0.1, 0.15) is 12.5 Å². The lowest BCUT2D eigenvalue weighted by atomic mass is 10.1. The summed E-state index contributed by atoms with van der Waals surface area (Å²) in [5, 5.41) is 3.37. The van der Waals surface area contributed by atoms with Crippen LogP contribution in [-0.4, -0.2) is 55.0 Å². The summed E-state index contributed by atoms with van der Waals surface area (Å²) in [5.41, 5.74) is 2.37. The minimum Gasteiger partial charge on any atom is -0.373 e. The summed E-state index contributed by atoms with van der Waals surface area (Å²) in [6.45, 7) is 3.95. The molecule has 1 saturated heterocycles. The van der Waals surface area contributed by atoms with Crippen LogP contribution < -0.4 is 5.32 Å². The Morgan fingerprint density at radius 2 is 2.05 bits per heavy atom. The quantitative estimate of drug-likeness (QED) is 0.885. The van der Waals surface area contributed by atoms with Crippen molar-refractivity contribution in [1.82, 2.24) is 9.80 Å². The van der Waals surface area contributed by atoms with Crippen molar-refractivity contribution < 1.29 is 4.79 Å². The Morgan fingerprint density at radius 3 is 2.70 bits per heavy atom. The normalized spacial score (nSPS) is 28.6. The van der Waals surface area contributed by atoms with E-state index in [0.29, 0.717) is 12.0 Å². The van der Waals surface area contributed by atoms with E-state index >= 15 is 0 Å². The maximum absolute atomic E-state index is 12.7. The van der Waals surface area contributed by atoms with Gasteiger partial charge in [-0.3, -0.25) is 4.79 Å². The summed E-state index contributed by atoms with van der Waals surface area (Å²) < 4.78 is 0. The van der Waals surface area contributed by atoms with Crippen LogP contribution in [0.25, 0.3) is 0 Å². The van der Waals surface area contributed by atoms with Crippen molar-refractivity contribution in [3.05, 3.63) is 29.8 Å². The number of benzene rings is 1. The highest BCUT2D eigenvalue weighted by Gasteiger charge is 2.37. The standard InChI is InChI=1S/C16H23N3O/c1-11-9-19(10-15(11)18(2)3)16(20)14-8-12-6-4-5-7-13(12)17-14/h4-7,11,14-15,17H,8-10H2,1-3H3/t11?,14-,15?/m0/s1. The second kappa shape index (κ2) is 5.09.